The van der Waals surface area contributed by atoms with E-state index in [0.717, 1.165) is 10.6 Å². The number of ether oxygens (including phenoxy) is 1. The highest BCUT2D eigenvalue weighted by molar-refractivity contribution is 6.31. The SMILES string of the molecule is CCOc1ccc(-c2nn(-c3ccccc3)cc2/C=C2/C(=O)N(Cc3ccccc3Cl)C(=O)C(C#N)=C2C)cc1F. The number of nitrogens with zero attached hydrogens (tertiary/aromatic N) is 4. The number of imide groups is 1. The molecule has 0 atom stereocenters. The molecule has 2 heterocycles. The van der Waals surface area contributed by atoms with Crippen molar-refractivity contribution in [2.24, 2.45) is 0 Å². The van der Waals surface area contributed by atoms with Crippen molar-refractivity contribution in [1.82, 2.24) is 14.7 Å². The van der Waals surface area contributed by atoms with Gasteiger partial charge in [-0.3, -0.25) is 14.5 Å². The summed E-state index contributed by atoms with van der Waals surface area (Å²) in [6.07, 6.45) is 3.30. The first-order chi connectivity index (χ1) is 19.8. The van der Waals surface area contributed by atoms with Crippen LogP contribution in [0, 0.1) is 17.1 Å². The standard InChI is InChI=1S/C32H24ClFN4O3/c1-3-41-29-14-13-21(16-28(29)34)30-23(19-38(36-30)24-10-5-4-6-11-24)15-25-20(2)26(17-35)32(40)37(31(25)39)18-22-9-7-8-12-27(22)33/h4-16,19H,3,18H2,1-2H3/b25-15+. The Morgan fingerprint density at radius 1 is 1.05 bits per heavy atom. The molecular weight excluding hydrogens is 543 g/mol. The minimum Gasteiger partial charge on any atom is -0.491 e. The predicted octanol–water partition coefficient (Wildman–Crippen LogP) is 6.52. The predicted molar refractivity (Wildman–Crippen MR) is 153 cm³/mol. The van der Waals surface area contributed by atoms with E-state index in [9.17, 15) is 19.2 Å². The van der Waals surface area contributed by atoms with Crippen molar-refractivity contribution >= 4 is 29.5 Å². The maximum absolute atomic E-state index is 14.9. The van der Waals surface area contributed by atoms with Gasteiger partial charge in [0.15, 0.2) is 11.6 Å². The Bertz CT molecular complexity index is 1770. The molecule has 1 aromatic heterocycles. The third kappa shape index (κ3) is 5.40. The summed E-state index contributed by atoms with van der Waals surface area (Å²) in [6.45, 7) is 3.54. The molecule has 3 aromatic carbocycles. The molecule has 0 aliphatic carbocycles. The van der Waals surface area contributed by atoms with E-state index >= 15 is 0 Å². The normalized spacial score (nSPS) is 14.5. The molecule has 5 rings (SSSR count). The average Bonchev–Trinajstić information content (AvgIpc) is 3.40. The number of nitriles is 1. The molecule has 204 valence electrons. The topological polar surface area (TPSA) is 88.2 Å². The molecule has 0 saturated heterocycles. The number of amides is 2. The van der Waals surface area contributed by atoms with E-state index in [2.05, 4.69) is 0 Å². The first-order valence-electron chi connectivity index (χ1n) is 12.8. The van der Waals surface area contributed by atoms with Gasteiger partial charge >= 0.3 is 0 Å². The van der Waals surface area contributed by atoms with E-state index in [-0.39, 0.29) is 29.0 Å². The quantitative estimate of drug-likeness (QED) is 0.188. The first kappa shape index (κ1) is 27.6. The van der Waals surface area contributed by atoms with Crippen molar-refractivity contribution in [3.63, 3.8) is 0 Å². The molecule has 2 amide bonds. The molecule has 0 spiro atoms. The number of rotatable bonds is 7. The highest BCUT2D eigenvalue weighted by Gasteiger charge is 2.36. The fourth-order valence-corrected chi connectivity index (χ4v) is 4.77. The van der Waals surface area contributed by atoms with Crippen LogP contribution in [0.25, 0.3) is 23.0 Å². The molecule has 1 aliphatic rings. The average molecular weight is 567 g/mol. The minimum atomic E-state index is -0.694. The highest BCUT2D eigenvalue weighted by atomic mass is 35.5. The van der Waals surface area contributed by atoms with E-state index in [1.54, 1.807) is 61.1 Å². The summed E-state index contributed by atoms with van der Waals surface area (Å²) in [6, 6.07) is 22.7. The van der Waals surface area contributed by atoms with Crippen LogP contribution in [0.5, 0.6) is 5.75 Å². The van der Waals surface area contributed by atoms with Gasteiger partial charge in [-0.15, -0.1) is 0 Å². The lowest BCUT2D eigenvalue weighted by Crippen LogP contribution is -2.42. The number of carbonyl (C=O) groups is 2. The Balaban J connectivity index is 1.66. The molecule has 0 N–H and O–H groups in total. The Labute approximate surface area is 241 Å². The van der Waals surface area contributed by atoms with Crippen LogP contribution in [-0.4, -0.2) is 33.1 Å². The van der Waals surface area contributed by atoms with Gasteiger partial charge in [-0.25, -0.2) is 9.07 Å². The third-order valence-electron chi connectivity index (χ3n) is 6.68. The monoisotopic (exact) mass is 566 g/mol. The van der Waals surface area contributed by atoms with Crippen LogP contribution in [-0.2, 0) is 16.1 Å². The van der Waals surface area contributed by atoms with Gasteiger partial charge in [0.05, 0.1) is 18.8 Å². The Morgan fingerprint density at radius 3 is 2.46 bits per heavy atom. The number of carbonyl (C=O) groups excluding carboxylic acids is 2. The van der Waals surface area contributed by atoms with Crippen LogP contribution in [0.4, 0.5) is 4.39 Å². The lowest BCUT2D eigenvalue weighted by molar-refractivity contribution is -0.141. The third-order valence-corrected chi connectivity index (χ3v) is 7.05. The maximum atomic E-state index is 14.9. The van der Waals surface area contributed by atoms with Crippen LogP contribution in [0.15, 0.2) is 95.7 Å². The van der Waals surface area contributed by atoms with Gasteiger partial charge in [-0.1, -0.05) is 48.0 Å². The number of para-hydroxylation sites is 1. The summed E-state index contributed by atoms with van der Waals surface area (Å²) in [4.78, 5) is 28.0. The maximum Gasteiger partial charge on any atom is 0.271 e. The zero-order valence-electron chi connectivity index (χ0n) is 22.3. The Hall–Kier alpha value is -5.00. The van der Waals surface area contributed by atoms with E-state index in [4.69, 9.17) is 21.4 Å². The molecule has 41 heavy (non-hydrogen) atoms. The molecule has 4 aromatic rings. The molecule has 9 heteroatoms. The lowest BCUT2D eigenvalue weighted by atomic mass is 9.93. The largest absolute Gasteiger partial charge is 0.491 e. The molecule has 0 saturated carbocycles. The second-order valence-corrected chi connectivity index (χ2v) is 9.66. The van der Waals surface area contributed by atoms with Gasteiger partial charge in [0.25, 0.3) is 11.8 Å². The minimum absolute atomic E-state index is 0.104. The smallest absolute Gasteiger partial charge is 0.271 e. The van der Waals surface area contributed by atoms with Crippen molar-refractivity contribution in [2.45, 2.75) is 20.4 Å². The van der Waals surface area contributed by atoms with Crippen LogP contribution in [0.3, 0.4) is 0 Å². The zero-order valence-corrected chi connectivity index (χ0v) is 23.0. The van der Waals surface area contributed by atoms with Crippen molar-refractivity contribution in [1.29, 1.82) is 5.26 Å². The Morgan fingerprint density at radius 2 is 1.78 bits per heavy atom. The number of hydrogen-bond donors (Lipinski definition) is 0. The molecule has 0 bridgehead atoms. The van der Waals surface area contributed by atoms with Crippen LogP contribution < -0.4 is 4.74 Å². The van der Waals surface area contributed by atoms with Gasteiger partial charge in [0.2, 0.25) is 0 Å². The van der Waals surface area contributed by atoms with Gasteiger partial charge < -0.3 is 4.74 Å². The lowest BCUT2D eigenvalue weighted by Gasteiger charge is -2.27. The number of benzene rings is 3. The summed E-state index contributed by atoms with van der Waals surface area (Å²) in [5, 5.41) is 14.9. The van der Waals surface area contributed by atoms with Gasteiger partial charge in [0.1, 0.15) is 17.3 Å². The molecule has 7 nitrogen and oxygen atoms in total. The van der Waals surface area contributed by atoms with Crippen LogP contribution in [0.1, 0.15) is 25.0 Å². The molecular formula is C32H24ClFN4O3. The van der Waals surface area contributed by atoms with Crippen molar-refractivity contribution in [3.8, 4) is 28.8 Å². The Kier molecular flexibility index (Phi) is 7.81. The molecule has 0 radical (unpaired) electrons. The van der Waals surface area contributed by atoms with Crippen molar-refractivity contribution in [3.05, 3.63) is 118 Å². The highest BCUT2D eigenvalue weighted by Crippen LogP contribution is 2.33. The second-order valence-electron chi connectivity index (χ2n) is 9.25. The van der Waals surface area contributed by atoms with Crippen molar-refractivity contribution < 1.29 is 18.7 Å². The molecule has 0 unspecified atom stereocenters. The summed E-state index contributed by atoms with van der Waals surface area (Å²) >= 11 is 6.31. The summed E-state index contributed by atoms with van der Waals surface area (Å²) in [7, 11) is 0. The van der Waals surface area contributed by atoms with Gasteiger partial charge in [-0.05, 0) is 67.5 Å². The first-order valence-corrected chi connectivity index (χ1v) is 13.2. The number of hydrogen-bond acceptors (Lipinski definition) is 5. The second kappa shape index (κ2) is 11.6. The van der Waals surface area contributed by atoms with E-state index < -0.39 is 17.6 Å². The van der Waals surface area contributed by atoms with E-state index in [1.807, 2.05) is 36.4 Å². The number of aromatic nitrogens is 2. The van der Waals surface area contributed by atoms with E-state index in [1.165, 1.54) is 12.1 Å². The van der Waals surface area contributed by atoms with Gasteiger partial charge in [-0.2, -0.15) is 10.4 Å². The van der Waals surface area contributed by atoms with Crippen LogP contribution in [0.2, 0.25) is 5.02 Å². The fraction of sp³-hybridized carbons (Fsp3) is 0.125. The van der Waals surface area contributed by atoms with Gasteiger partial charge in [0, 0.05) is 27.9 Å². The fourth-order valence-electron chi connectivity index (χ4n) is 4.58. The molecule has 0 fully saturated rings. The summed E-state index contributed by atoms with van der Waals surface area (Å²) in [5.74, 6) is -1.71. The van der Waals surface area contributed by atoms with Crippen LogP contribution >= 0.6 is 11.6 Å². The number of halogens is 2. The van der Waals surface area contributed by atoms with Crippen molar-refractivity contribution in [2.75, 3.05) is 6.61 Å². The molecule has 1 aliphatic heterocycles. The summed E-state index contributed by atoms with van der Waals surface area (Å²) < 4.78 is 21.8. The zero-order chi connectivity index (χ0) is 29.1. The summed E-state index contributed by atoms with van der Waals surface area (Å²) in [5.41, 5.74) is 2.91. The van der Waals surface area contributed by atoms with E-state index in [0.29, 0.717) is 34.0 Å².